The van der Waals surface area contributed by atoms with Gasteiger partial charge in [-0.05, 0) is 24.6 Å². The minimum Gasteiger partial charge on any atom is -0.383 e. The summed E-state index contributed by atoms with van der Waals surface area (Å²) in [5.41, 5.74) is 2.20. The summed E-state index contributed by atoms with van der Waals surface area (Å²) in [5.74, 6) is 0.244. The maximum atomic E-state index is 12.7. The van der Waals surface area contributed by atoms with Crippen LogP contribution in [0.5, 0.6) is 0 Å². The molecule has 0 bridgehead atoms. The lowest BCUT2D eigenvalue weighted by Crippen LogP contribution is -2.42. The number of methoxy groups -OCH3 is 1. The first-order chi connectivity index (χ1) is 14.0. The van der Waals surface area contributed by atoms with Crippen molar-refractivity contribution >= 4 is 35.0 Å². The van der Waals surface area contributed by atoms with Crippen molar-refractivity contribution in [3.05, 3.63) is 40.5 Å². The van der Waals surface area contributed by atoms with Gasteiger partial charge in [0, 0.05) is 42.9 Å². The molecule has 0 fully saturated rings. The highest BCUT2D eigenvalue weighted by molar-refractivity contribution is 6.31. The molecule has 164 valence electrons. The van der Waals surface area contributed by atoms with Crippen LogP contribution in [0.25, 0.3) is 0 Å². The van der Waals surface area contributed by atoms with Crippen molar-refractivity contribution in [1.29, 1.82) is 0 Å². The summed E-state index contributed by atoms with van der Waals surface area (Å²) >= 11 is 6.13. The maximum absolute atomic E-state index is 12.7. The second-order valence-electron chi connectivity index (χ2n) is 8.15. The van der Waals surface area contributed by atoms with E-state index < -0.39 is 6.03 Å². The number of hydrogen-bond donors (Lipinski definition) is 2. The van der Waals surface area contributed by atoms with E-state index in [1.807, 2.05) is 19.1 Å². The number of aromatic nitrogens is 2. The van der Waals surface area contributed by atoms with Gasteiger partial charge in [0.2, 0.25) is 5.91 Å². The number of ether oxygens (including phenoxy) is 1. The van der Waals surface area contributed by atoms with E-state index in [0.29, 0.717) is 23.1 Å². The molecule has 0 aliphatic heterocycles. The third kappa shape index (κ3) is 6.47. The Labute approximate surface area is 182 Å². The number of amides is 3. The molecule has 30 heavy (non-hydrogen) atoms. The summed E-state index contributed by atoms with van der Waals surface area (Å²) in [5, 5.41) is 10.6. The Morgan fingerprint density at radius 3 is 2.50 bits per heavy atom. The van der Waals surface area contributed by atoms with Crippen LogP contribution in [0.1, 0.15) is 32.0 Å². The molecule has 0 radical (unpaired) electrons. The van der Waals surface area contributed by atoms with Gasteiger partial charge in [-0.15, -0.1) is 0 Å². The van der Waals surface area contributed by atoms with Gasteiger partial charge >= 0.3 is 6.03 Å². The minimum absolute atomic E-state index is 0.134. The number of nitrogens with one attached hydrogen (secondary N) is 2. The molecule has 0 saturated heterocycles. The molecule has 0 spiro atoms. The normalized spacial score (nSPS) is 11.3. The highest BCUT2D eigenvalue weighted by Crippen LogP contribution is 2.23. The summed E-state index contributed by atoms with van der Waals surface area (Å²) in [4.78, 5) is 26.7. The number of halogens is 1. The van der Waals surface area contributed by atoms with Crippen molar-refractivity contribution < 1.29 is 14.3 Å². The fraction of sp³-hybridized carbons (Fsp3) is 0.476. The highest BCUT2D eigenvalue weighted by Gasteiger charge is 2.21. The fourth-order valence-corrected chi connectivity index (χ4v) is 2.81. The van der Waals surface area contributed by atoms with Crippen LogP contribution >= 0.6 is 11.6 Å². The Bertz CT molecular complexity index is 905. The van der Waals surface area contributed by atoms with E-state index >= 15 is 0 Å². The third-order valence-electron chi connectivity index (χ3n) is 4.53. The van der Waals surface area contributed by atoms with Gasteiger partial charge in [0.25, 0.3) is 0 Å². The van der Waals surface area contributed by atoms with E-state index in [4.69, 9.17) is 16.3 Å². The Hall–Kier alpha value is -2.58. The zero-order chi connectivity index (χ0) is 22.5. The highest BCUT2D eigenvalue weighted by atomic mass is 35.5. The van der Waals surface area contributed by atoms with Gasteiger partial charge in [0.1, 0.15) is 12.4 Å². The van der Waals surface area contributed by atoms with Crippen LogP contribution in [0, 0.1) is 6.92 Å². The molecule has 2 rings (SSSR count). The number of benzene rings is 1. The van der Waals surface area contributed by atoms with E-state index in [2.05, 4.69) is 36.5 Å². The largest absolute Gasteiger partial charge is 0.383 e. The molecular weight excluding hydrogens is 406 g/mol. The van der Waals surface area contributed by atoms with E-state index in [-0.39, 0.29) is 24.4 Å². The first-order valence-electron chi connectivity index (χ1n) is 9.66. The van der Waals surface area contributed by atoms with Gasteiger partial charge in [0.15, 0.2) is 0 Å². The van der Waals surface area contributed by atoms with E-state index in [9.17, 15) is 9.59 Å². The third-order valence-corrected chi connectivity index (χ3v) is 4.93. The van der Waals surface area contributed by atoms with Crippen LogP contribution in [0.15, 0.2) is 24.3 Å². The first kappa shape index (κ1) is 23.7. The van der Waals surface area contributed by atoms with E-state index in [1.54, 1.807) is 31.0 Å². The molecule has 1 aromatic carbocycles. The van der Waals surface area contributed by atoms with Crippen LogP contribution in [-0.4, -0.2) is 53.4 Å². The Balaban J connectivity index is 2.07. The van der Waals surface area contributed by atoms with Crippen molar-refractivity contribution in [2.45, 2.75) is 33.1 Å². The molecule has 0 saturated carbocycles. The number of carbonyl (C=O) groups is 2. The van der Waals surface area contributed by atoms with Crippen molar-refractivity contribution in [3.63, 3.8) is 0 Å². The van der Waals surface area contributed by atoms with Gasteiger partial charge in [-0.1, -0.05) is 38.4 Å². The SMILES string of the molecule is COCCN(CC(=O)Nc1cc(C(C)(C)C)nn1C)C(=O)Nc1ccc(C)c(Cl)c1. The molecule has 0 unspecified atom stereocenters. The van der Waals surface area contributed by atoms with Gasteiger partial charge in [-0.3, -0.25) is 9.48 Å². The van der Waals surface area contributed by atoms with Gasteiger partial charge in [-0.2, -0.15) is 5.10 Å². The Morgan fingerprint density at radius 1 is 1.23 bits per heavy atom. The van der Waals surface area contributed by atoms with Crippen molar-refractivity contribution in [3.8, 4) is 0 Å². The maximum Gasteiger partial charge on any atom is 0.322 e. The van der Waals surface area contributed by atoms with Gasteiger partial charge < -0.3 is 20.3 Å². The van der Waals surface area contributed by atoms with Crippen molar-refractivity contribution in [2.75, 3.05) is 37.4 Å². The summed E-state index contributed by atoms with van der Waals surface area (Å²) in [6.45, 7) is 8.46. The molecule has 2 aromatic rings. The molecule has 1 heterocycles. The summed E-state index contributed by atoms with van der Waals surface area (Å²) in [6.07, 6.45) is 0. The number of anilines is 2. The lowest BCUT2D eigenvalue weighted by atomic mass is 9.92. The number of nitrogens with zero attached hydrogens (tertiary/aromatic N) is 3. The van der Waals surface area contributed by atoms with Crippen molar-refractivity contribution in [2.24, 2.45) is 7.05 Å². The quantitative estimate of drug-likeness (QED) is 0.692. The second-order valence-corrected chi connectivity index (χ2v) is 8.55. The molecule has 8 nitrogen and oxygen atoms in total. The summed E-state index contributed by atoms with van der Waals surface area (Å²) in [6, 6.07) is 6.68. The van der Waals surface area contributed by atoms with Crippen LogP contribution in [0.2, 0.25) is 5.02 Å². The Kier molecular flexibility index (Phi) is 7.86. The molecule has 0 aliphatic rings. The molecule has 1 aromatic heterocycles. The zero-order valence-electron chi connectivity index (χ0n) is 18.4. The number of urea groups is 1. The molecule has 2 N–H and O–H groups in total. The Morgan fingerprint density at radius 2 is 1.93 bits per heavy atom. The van der Waals surface area contributed by atoms with Crippen LogP contribution in [-0.2, 0) is 22.0 Å². The standard InChI is InChI=1S/C21H30ClN5O3/c1-14-7-8-15(11-16(14)22)23-20(29)27(9-10-30-6)13-19(28)24-18-12-17(21(2,3)4)25-26(18)5/h7-8,11-12H,9-10,13H2,1-6H3,(H,23,29)(H,24,28). The molecule has 3 amide bonds. The summed E-state index contributed by atoms with van der Waals surface area (Å²) in [7, 11) is 3.31. The van der Waals surface area contributed by atoms with E-state index in [0.717, 1.165) is 11.3 Å². The number of carbonyl (C=O) groups excluding carboxylic acids is 2. The smallest absolute Gasteiger partial charge is 0.322 e. The molecular formula is C21H30ClN5O3. The topological polar surface area (TPSA) is 88.5 Å². The lowest BCUT2D eigenvalue weighted by Gasteiger charge is -2.22. The average Bonchev–Trinajstić information content (AvgIpc) is 3.02. The van der Waals surface area contributed by atoms with Gasteiger partial charge in [0.05, 0.1) is 12.3 Å². The van der Waals surface area contributed by atoms with Gasteiger partial charge in [-0.25, -0.2) is 4.79 Å². The predicted octanol–water partition coefficient (Wildman–Crippen LogP) is 3.80. The zero-order valence-corrected chi connectivity index (χ0v) is 19.1. The lowest BCUT2D eigenvalue weighted by molar-refractivity contribution is -0.116. The van der Waals surface area contributed by atoms with Crippen LogP contribution < -0.4 is 10.6 Å². The number of rotatable bonds is 7. The minimum atomic E-state index is -0.414. The van der Waals surface area contributed by atoms with Crippen LogP contribution in [0.4, 0.5) is 16.3 Å². The molecule has 0 atom stereocenters. The monoisotopic (exact) mass is 435 g/mol. The first-order valence-corrected chi connectivity index (χ1v) is 10.0. The van der Waals surface area contributed by atoms with Crippen molar-refractivity contribution in [1.82, 2.24) is 14.7 Å². The molecule has 9 heteroatoms. The van der Waals surface area contributed by atoms with Crippen LogP contribution in [0.3, 0.4) is 0 Å². The molecule has 0 aliphatic carbocycles. The summed E-state index contributed by atoms with van der Waals surface area (Å²) < 4.78 is 6.70. The average molecular weight is 436 g/mol. The predicted molar refractivity (Wildman–Crippen MR) is 119 cm³/mol. The number of aryl methyl sites for hydroxylation is 2. The fourth-order valence-electron chi connectivity index (χ4n) is 2.63. The van der Waals surface area contributed by atoms with E-state index in [1.165, 1.54) is 4.90 Å². The number of hydrogen-bond acceptors (Lipinski definition) is 4. The second kappa shape index (κ2) is 9.95.